The van der Waals surface area contributed by atoms with Gasteiger partial charge in [0.1, 0.15) is 0 Å². The van der Waals surface area contributed by atoms with Crippen molar-refractivity contribution in [1.82, 2.24) is 0 Å². The minimum Gasteiger partial charge on any atom is -0.465 e. The number of esters is 1. The Bertz CT molecular complexity index is 106. The quantitative estimate of drug-likeness (QED) is 0.458. The number of hydrogen-bond acceptors (Lipinski definition) is 4. The fourth-order valence-corrected chi connectivity index (χ4v) is 0.512. The molecule has 1 aliphatic rings. The highest BCUT2D eigenvalue weighted by molar-refractivity contribution is 5.80. The number of methoxy groups -OCH3 is 1. The molecule has 4 heteroatoms. The lowest BCUT2D eigenvalue weighted by Gasteiger charge is -2.01. The summed E-state index contributed by atoms with van der Waals surface area (Å²) in [5, 5.41) is 0. The molecule has 0 spiro atoms. The SMILES string of the molecule is COC(=O)[C]1OCCO1. The Morgan fingerprint density at radius 3 is 2.56 bits per heavy atom. The van der Waals surface area contributed by atoms with E-state index in [1.54, 1.807) is 0 Å². The average Bonchev–Trinajstić information content (AvgIpc) is 2.37. The molecule has 0 aromatic carbocycles. The standard InChI is InChI=1S/C5H7O4/c1-7-4(6)5-8-2-3-9-5/h2-3H2,1H3. The smallest absolute Gasteiger partial charge is 0.373 e. The van der Waals surface area contributed by atoms with E-state index in [1.807, 2.05) is 0 Å². The number of hydrogen-bond donors (Lipinski definition) is 0. The first kappa shape index (κ1) is 6.51. The Hall–Kier alpha value is -0.610. The maximum atomic E-state index is 10.5. The molecule has 0 aromatic heterocycles. The summed E-state index contributed by atoms with van der Waals surface area (Å²) in [4.78, 5) is 10.5. The van der Waals surface area contributed by atoms with Gasteiger partial charge in [-0.2, -0.15) is 0 Å². The molecular weight excluding hydrogens is 124 g/mol. The second-order valence-electron chi connectivity index (χ2n) is 1.48. The van der Waals surface area contributed by atoms with Gasteiger partial charge in [0.05, 0.1) is 20.3 Å². The summed E-state index contributed by atoms with van der Waals surface area (Å²) in [6.07, 6.45) is -0.0301. The Labute approximate surface area is 52.7 Å². The van der Waals surface area contributed by atoms with Gasteiger partial charge in [-0.15, -0.1) is 0 Å². The number of rotatable bonds is 1. The van der Waals surface area contributed by atoms with Crippen LogP contribution in [0.4, 0.5) is 0 Å². The summed E-state index contributed by atoms with van der Waals surface area (Å²) >= 11 is 0. The monoisotopic (exact) mass is 131 g/mol. The Kier molecular flexibility index (Phi) is 2.02. The molecule has 1 saturated heterocycles. The van der Waals surface area contributed by atoms with Crippen molar-refractivity contribution < 1.29 is 19.0 Å². The summed E-state index contributed by atoms with van der Waals surface area (Å²) in [5.41, 5.74) is 0. The first-order valence-corrected chi connectivity index (χ1v) is 2.55. The third-order valence-corrected chi connectivity index (χ3v) is 0.902. The van der Waals surface area contributed by atoms with Crippen LogP contribution in [0.1, 0.15) is 0 Å². The fraction of sp³-hybridized carbons (Fsp3) is 0.600. The van der Waals surface area contributed by atoms with Gasteiger partial charge in [0, 0.05) is 0 Å². The second kappa shape index (κ2) is 2.80. The highest BCUT2D eigenvalue weighted by Gasteiger charge is 2.27. The van der Waals surface area contributed by atoms with Crippen molar-refractivity contribution in [1.29, 1.82) is 0 Å². The van der Waals surface area contributed by atoms with Crippen LogP contribution in [0.2, 0.25) is 0 Å². The van der Waals surface area contributed by atoms with Crippen LogP contribution in [0.3, 0.4) is 0 Å². The normalized spacial score (nSPS) is 20.1. The summed E-state index contributed by atoms with van der Waals surface area (Å²) in [6.45, 7) is 0.870. The average molecular weight is 131 g/mol. The third kappa shape index (κ3) is 1.40. The van der Waals surface area contributed by atoms with E-state index >= 15 is 0 Å². The van der Waals surface area contributed by atoms with E-state index in [1.165, 1.54) is 7.11 Å². The molecule has 0 atom stereocenters. The minimum atomic E-state index is -0.549. The van der Waals surface area contributed by atoms with E-state index < -0.39 is 5.97 Å². The van der Waals surface area contributed by atoms with Gasteiger partial charge in [-0.3, -0.25) is 0 Å². The molecule has 1 radical (unpaired) electrons. The maximum absolute atomic E-state index is 10.5. The van der Waals surface area contributed by atoms with E-state index in [0.717, 1.165) is 0 Å². The molecule has 9 heavy (non-hydrogen) atoms. The van der Waals surface area contributed by atoms with Crippen molar-refractivity contribution in [2.24, 2.45) is 0 Å². The molecule has 0 aliphatic carbocycles. The van der Waals surface area contributed by atoms with Crippen LogP contribution < -0.4 is 0 Å². The molecule has 0 aromatic rings. The number of carbonyl (C=O) groups excluding carboxylic acids is 1. The van der Waals surface area contributed by atoms with Crippen LogP contribution in [-0.2, 0) is 19.0 Å². The minimum absolute atomic E-state index is 0.0301. The van der Waals surface area contributed by atoms with Crippen LogP contribution in [-0.4, -0.2) is 26.3 Å². The van der Waals surface area contributed by atoms with E-state index in [-0.39, 0.29) is 6.29 Å². The molecular formula is C5H7O4. The fourth-order valence-electron chi connectivity index (χ4n) is 0.512. The number of carbonyl (C=O) groups is 1. The molecule has 4 nitrogen and oxygen atoms in total. The third-order valence-electron chi connectivity index (χ3n) is 0.902. The Morgan fingerprint density at radius 2 is 2.11 bits per heavy atom. The highest BCUT2D eigenvalue weighted by Crippen LogP contribution is 2.12. The Morgan fingerprint density at radius 1 is 1.56 bits per heavy atom. The van der Waals surface area contributed by atoms with Gasteiger partial charge in [-0.1, -0.05) is 0 Å². The van der Waals surface area contributed by atoms with Crippen LogP contribution >= 0.6 is 0 Å². The van der Waals surface area contributed by atoms with Crippen molar-refractivity contribution in [2.45, 2.75) is 0 Å². The first-order chi connectivity index (χ1) is 4.34. The topological polar surface area (TPSA) is 44.8 Å². The molecule has 1 fully saturated rings. The summed E-state index contributed by atoms with van der Waals surface area (Å²) in [6, 6.07) is 0. The van der Waals surface area contributed by atoms with Crippen LogP contribution in [0, 0.1) is 6.29 Å². The van der Waals surface area contributed by atoms with Crippen LogP contribution in [0.25, 0.3) is 0 Å². The molecule has 1 rings (SSSR count). The molecule has 0 N–H and O–H groups in total. The lowest BCUT2D eigenvalue weighted by atomic mass is 10.7. The van der Waals surface area contributed by atoms with Crippen molar-refractivity contribution >= 4 is 5.97 Å². The Balaban J connectivity index is 2.32. The first-order valence-electron chi connectivity index (χ1n) is 2.55. The molecule has 0 bridgehead atoms. The zero-order valence-corrected chi connectivity index (χ0v) is 5.05. The molecule has 0 amide bonds. The van der Waals surface area contributed by atoms with Gasteiger partial charge in [0.15, 0.2) is 0 Å². The van der Waals surface area contributed by atoms with E-state index in [9.17, 15) is 4.79 Å². The van der Waals surface area contributed by atoms with E-state index in [0.29, 0.717) is 13.2 Å². The molecule has 0 saturated carbocycles. The zero-order chi connectivity index (χ0) is 6.69. The largest absolute Gasteiger partial charge is 0.465 e. The second-order valence-corrected chi connectivity index (χ2v) is 1.48. The zero-order valence-electron chi connectivity index (χ0n) is 5.05. The van der Waals surface area contributed by atoms with Crippen molar-refractivity contribution in [3.05, 3.63) is 6.29 Å². The number of ether oxygens (including phenoxy) is 3. The van der Waals surface area contributed by atoms with Gasteiger partial charge in [-0.25, -0.2) is 4.79 Å². The van der Waals surface area contributed by atoms with Crippen molar-refractivity contribution in [3.8, 4) is 0 Å². The van der Waals surface area contributed by atoms with Crippen LogP contribution in [0.15, 0.2) is 0 Å². The van der Waals surface area contributed by atoms with Crippen LogP contribution in [0.5, 0.6) is 0 Å². The van der Waals surface area contributed by atoms with E-state index in [4.69, 9.17) is 9.47 Å². The van der Waals surface area contributed by atoms with Gasteiger partial charge >= 0.3 is 12.3 Å². The van der Waals surface area contributed by atoms with Crippen molar-refractivity contribution in [3.63, 3.8) is 0 Å². The molecule has 0 unspecified atom stereocenters. The lowest BCUT2D eigenvalue weighted by molar-refractivity contribution is -0.151. The molecule has 51 valence electrons. The lowest BCUT2D eigenvalue weighted by Crippen LogP contribution is -2.13. The van der Waals surface area contributed by atoms with Gasteiger partial charge in [0.25, 0.3) is 0 Å². The predicted octanol–water partition coefficient (Wildman–Crippen LogP) is -0.304. The predicted molar refractivity (Wildman–Crippen MR) is 27.2 cm³/mol. The van der Waals surface area contributed by atoms with Crippen molar-refractivity contribution in [2.75, 3.05) is 20.3 Å². The summed E-state index contributed by atoms with van der Waals surface area (Å²) < 4.78 is 13.8. The van der Waals surface area contributed by atoms with Gasteiger partial charge in [-0.05, 0) is 0 Å². The summed E-state index contributed by atoms with van der Waals surface area (Å²) in [5.74, 6) is -0.549. The molecule has 1 aliphatic heterocycles. The molecule has 1 heterocycles. The van der Waals surface area contributed by atoms with Gasteiger partial charge < -0.3 is 14.2 Å². The van der Waals surface area contributed by atoms with Gasteiger partial charge in [0.2, 0.25) is 0 Å². The van der Waals surface area contributed by atoms with E-state index in [2.05, 4.69) is 4.74 Å². The summed E-state index contributed by atoms with van der Waals surface area (Å²) in [7, 11) is 1.28. The highest BCUT2D eigenvalue weighted by atomic mass is 16.7. The maximum Gasteiger partial charge on any atom is 0.373 e.